The monoisotopic (exact) mass is 261 g/mol. The van der Waals surface area contributed by atoms with Crippen molar-refractivity contribution in [2.24, 2.45) is 5.41 Å². The van der Waals surface area contributed by atoms with Crippen LogP contribution < -0.4 is 10.6 Å². The Balaban J connectivity index is 2.03. The maximum absolute atomic E-state index is 12.6. The predicted molar refractivity (Wildman–Crippen MR) is 75.6 cm³/mol. The number of rotatable bonds is 5. The number of amides is 1. The maximum atomic E-state index is 12.6. The Kier molecular flexibility index (Phi) is 4.53. The zero-order valence-corrected chi connectivity index (χ0v) is 11.8. The summed E-state index contributed by atoms with van der Waals surface area (Å²) in [5.41, 5.74) is 0.832. The van der Waals surface area contributed by atoms with Gasteiger partial charge in [0.2, 0.25) is 5.91 Å². The molecule has 104 valence electrons. The third-order valence-corrected chi connectivity index (χ3v) is 3.99. The summed E-state index contributed by atoms with van der Waals surface area (Å²) in [6.07, 6.45) is 6.48. The fourth-order valence-electron chi connectivity index (χ4n) is 2.81. The van der Waals surface area contributed by atoms with Crippen molar-refractivity contribution in [3.8, 4) is 0 Å². The molecule has 0 bridgehead atoms. The lowest BCUT2D eigenvalue weighted by Crippen LogP contribution is -2.43. The van der Waals surface area contributed by atoms with Crippen molar-refractivity contribution in [1.82, 2.24) is 15.6 Å². The number of carbonyl (C=O) groups excluding carboxylic acids is 1. The average Bonchev–Trinajstić information content (AvgIpc) is 2.90. The number of pyridine rings is 1. The molecule has 1 aromatic rings. The smallest absolute Gasteiger partial charge is 0.228 e. The van der Waals surface area contributed by atoms with E-state index in [-0.39, 0.29) is 17.4 Å². The minimum atomic E-state index is -0.217. The summed E-state index contributed by atoms with van der Waals surface area (Å²) in [5, 5.41) is 6.46. The zero-order valence-electron chi connectivity index (χ0n) is 11.8. The molecule has 2 unspecified atom stereocenters. The Labute approximate surface area is 115 Å². The molecule has 0 spiro atoms. The number of nitrogens with zero attached hydrogens (tertiary/aromatic N) is 1. The molecule has 1 aromatic heterocycles. The molecule has 1 amide bonds. The molecule has 0 saturated carbocycles. The van der Waals surface area contributed by atoms with Gasteiger partial charge in [0.05, 0.1) is 11.5 Å². The van der Waals surface area contributed by atoms with Gasteiger partial charge in [-0.3, -0.25) is 9.78 Å². The molecule has 19 heavy (non-hydrogen) atoms. The zero-order chi connectivity index (χ0) is 13.7. The van der Waals surface area contributed by atoms with E-state index in [0.717, 1.165) is 37.9 Å². The largest absolute Gasteiger partial charge is 0.349 e. The molecule has 0 aromatic carbocycles. The quantitative estimate of drug-likeness (QED) is 0.853. The van der Waals surface area contributed by atoms with Crippen LogP contribution in [0.2, 0.25) is 0 Å². The molecule has 4 heteroatoms. The van der Waals surface area contributed by atoms with Crippen LogP contribution in [-0.4, -0.2) is 24.0 Å². The first kappa shape index (κ1) is 14.0. The van der Waals surface area contributed by atoms with Crippen molar-refractivity contribution in [2.75, 3.05) is 13.1 Å². The van der Waals surface area contributed by atoms with Crippen LogP contribution in [0.25, 0.3) is 0 Å². The van der Waals surface area contributed by atoms with Crippen LogP contribution in [0, 0.1) is 5.41 Å². The molecule has 2 rings (SSSR count). The third-order valence-electron chi connectivity index (χ3n) is 3.99. The van der Waals surface area contributed by atoms with Crippen molar-refractivity contribution in [3.63, 3.8) is 0 Å². The van der Waals surface area contributed by atoms with E-state index in [2.05, 4.69) is 22.5 Å². The predicted octanol–water partition coefficient (Wildman–Crippen LogP) is 2.04. The van der Waals surface area contributed by atoms with E-state index in [1.165, 1.54) is 0 Å². The van der Waals surface area contributed by atoms with Gasteiger partial charge in [-0.2, -0.15) is 0 Å². The highest BCUT2D eigenvalue weighted by molar-refractivity contribution is 5.83. The maximum Gasteiger partial charge on any atom is 0.228 e. The van der Waals surface area contributed by atoms with Crippen LogP contribution in [0.15, 0.2) is 24.5 Å². The van der Waals surface area contributed by atoms with Crippen molar-refractivity contribution in [3.05, 3.63) is 30.1 Å². The molecule has 2 N–H and O–H groups in total. The van der Waals surface area contributed by atoms with Crippen LogP contribution in [0.5, 0.6) is 0 Å². The molecule has 1 fully saturated rings. The highest BCUT2D eigenvalue weighted by Gasteiger charge is 2.40. The SMILES string of the molecule is CCCC1(C(=O)NC(C)c2cccnc2)CCNC1. The van der Waals surface area contributed by atoms with Gasteiger partial charge >= 0.3 is 0 Å². The molecular weight excluding hydrogens is 238 g/mol. The Bertz CT molecular complexity index is 413. The summed E-state index contributed by atoms with van der Waals surface area (Å²) in [5.74, 6) is 0.177. The van der Waals surface area contributed by atoms with E-state index in [1.54, 1.807) is 6.20 Å². The van der Waals surface area contributed by atoms with Gasteiger partial charge in [-0.15, -0.1) is 0 Å². The van der Waals surface area contributed by atoms with Gasteiger partial charge in [-0.05, 0) is 37.9 Å². The number of carbonyl (C=O) groups is 1. The van der Waals surface area contributed by atoms with Crippen molar-refractivity contribution in [1.29, 1.82) is 0 Å². The van der Waals surface area contributed by atoms with Crippen LogP contribution in [0.3, 0.4) is 0 Å². The second-order valence-corrected chi connectivity index (χ2v) is 5.44. The lowest BCUT2D eigenvalue weighted by atomic mass is 9.81. The summed E-state index contributed by atoms with van der Waals surface area (Å²) < 4.78 is 0. The summed E-state index contributed by atoms with van der Waals surface area (Å²) in [7, 11) is 0. The standard InChI is InChI=1S/C15H23N3O/c1-3-6-15(7-9-17-11-15)14(19)18-12(2)13-5-4-8-16-10-13/h4-5,8,10,12,17H,3,6-7,9,11H2,1-2H3,(H,18,19). The molecule has 1 saturated heterocycles. The Morgan fingerprint density at radius 1 is 1.63 bits per heavy atom. The second kappa shape index (κ2) is 6.15. The molecule has 1 aliphatic rings. The van der Waals surface area contributed by atoms with Crippen molar-refractivity contribution in [2.45, 2.75) is 39.2 Å². The van der Waals surface area contributed by atoms with Gasteiger partial charge in [0.1, 0.15) is 0 Å². The molecule has 0 radical (unpaired) electrons. The molecule has 0 aliphatic carbocycles. The first-order chi connectivity index (χ1) is 9.18. The van der Waals surface area contributed by atoms with Crippen molar-refractivity contribution < 1.29 is 4.79 Å². The first-order valence-corrected chi connectivity index (χ1v) is 7.09. The van der Waals surface area contributed by atoms with Gasteiger partial charge in [-0.25, -0.2) is 0 Å². The molecule has 1 aliphatic heterocycles. The minimum absolute atomic E-state index is 0.00975. The average molecular weight is 261 g/mol. The van der Waals surface area contributed by atoms with E-state index < -0.39 is 0 Å². The minimum Gasteiger partial charge on any atom is -0.349 e. The fraction of sp³-hybridized carbons (Fsp3) is 0.600. The number of nitrogens with one attached hydrogen (secondary N) is 2. The van der Waals surface area contributed by atoms with Gasteiger partial charge in [0.15, 0.2) is 0 Å². The van der Waals surface area contributed by atoms with Crippen molar-refractivity contribution >= 4 is 5.91 Å². The van der Waals surface area contributed by atoms with Crippen LogP contribution in [0.4, 0.5) is 0 Å². The number of hydrogen-bond acceptors (Lipinski definition) is 3. The topological polar surface area (TPSA) is 54.0 Å². The summed E-state index contributed by atoms with van der Waals surface area (Å²) in [6, 6.07) is 3.91. The third kappa shape index (κ3) is 3.13. The summed E-state index contributed by atoms with van der Waals surface area (Å²) >= 11 is 0. The molecule has 2 heterocycles. The lowest BCUT2D eigenvalue weighted by Gasteiger charge is -2.28. The Hall–Kier alpha value is -1.42. The van der Waals surface area contributed by atoms with E-state index in [9.17, 15) is 4.79 Å². The molecule has 2 atom stereocenters. The normalized spacial score (nSPS) is 24.1. The summed E-state index contributed by atoms with van der Waals surface area (Å²) in [4.78, 5) is 16.7. The van der Waals surface area contributed by atoms with E-state index in [1.807, 2.05) is 25.3 Å². The first-order valence-electron chi connectivity index (χ1n) is 7.09. The van der Waals surface area contributed by atoms with Gasteiger partial charge in [0.25, 0.3) is 0 Å². The summed E-state index contributed by atoms with van der Waals surface area (Å²) in [6.45, 7) is 5.88. The highest BCUT2D eigenvalue weighted by Crippen LogP contribution is 2.32. The van der Waals surface area contributed by atoms with Gasteiger partial charge in [0, 0.05) is 18.9 Å². The van der Waals surface area contributed by atoms with Crippen LogP contribution in [0.1, 0.15) is 44.7 Å². The van der Waals surface area contributed by atoms with Gasteiger partial charge < -0.3 is 10.6 Å². The van der Waals surface area contributed by atoms with E-state index in [4.69, 9.17) is 0 Å². The Morgan fingerprint density at radius 2 is 2.47 bits per heavy atom. The van der Waals surface area contributed by atoms with E-state index >= 15 is 0 Å². The Morgan fingerprint density at radius 3 is 3.05 bits per heavy atom. The molecule has 4 nitrogen and oxygen atoms in total. The second-order valence-electron chi connectivity index (χ2n) is 5.44. The van der Waals surface area contributed by atoms with Crippen LogP contribution in [-0.2, 0) is 4.79 Å². The fourth-order valence-corrected chi connectivity index (χ4v) is 2.81. The van der Waals surface area contributed by atoms with E-state index in [0.29, 0.717) is 0 Å². The molecular formula is C15H23N3O. The van der Waals surface area contributed by atoms with Gasteiger partial charge in [-0.1, -0.05) is 19.4 Å². The van der Waals surface area contributed by atoms with Crippen LogP contribution >= 0.6 is 0 Å². The lowest BCUT2D eigenvalue weighted by molar-refractivity contribution is -0.131. The number of aromatic nitrogens is 1. The number of hydrogen-bond donors (Lipinski definition) is 2. The highest BCUT2D eigenvalue weighted by atomic mass is 16.2.